The molecule has 2 heteroatoms. The highest BCUT2D eigenvalue weighted by atomic mass is 32.1. The van der Waals surface area contributed by atoms with Crippen molar-refractivity contribution < 1.29 is 0 Å². The van der Waals surface area contributed by atoms with Gasteiger partial charge in [0.15, 0.2) is 0 Å². The van der Waals surface area contributed by atoms with Crippen LogP contribution in [-0.2, 0) is 0 Å². The van der Waals surface area contributed by atoms with Crippen molar-refractivity contribution in [2.45, 2.75) is 0 Å². The number of para-hydroxylation sites is 3. The molecule has 0 aliphatic carbocycles. The molecule has 5 aromatic rings. The second kappa shape index (κ2) is 12.8. The van der Waals surface area contributed by atoms with Crippen LogP contribution in [0.5, 0.6) is 0 Å². The van der Waals surface area contributed by atoms with Crippen LogP contribution in [0.2, 0.25) is 0 Å². The zero-order valence-corrected chi connectivity index (χ0v) is 17.6. The van der Waals surface area contributed by atoms with Crippen LogP contribution in [0.3, 0.4) is 0 Å². The van der Waals surface area contributed by atoms with E-state index in [0.717, 1.165) is 0 Å². The van der Waals surface area contributed by atoms with Gasteiger partial charge in [0.1, 0.15) is 0 Å². The third-order valence-corrected chi connectivity index (χ3v) is 4.76. The fraction of sp³-hybridized carbons (Fsp3) is 0. The van der Waals surface area contributed by atoms with Gasteiger partial charge in [0.05, 0.1) is 0 Å². The smallest absolute Gasteiger partial charge is 0.0461 e. The van der Waals surface area contributed by atoms with E-state index in [1.807, 2.05) is 77.5 Å². The van der Waals surface area contributed by atoms with Crippen LogP contribution >= 0.6 is 11.3 Å². The lowest BCUT2D eigenvalue weighted by molar-refractivity contribution is 1.28. The van der Waals surface area contributed by atoms with Gasteiger partial charge in [-0.2, -0.15) is 11.3 Å². The maximum Gasteiger partial charge on any atom is 0.0461 e. The van der Waals surface area contributed by atoms with E-state index < -0.39 is 0 Å². The van der Waals surface area contributed by atoms with Gasteiger partial charge in [-0.25, -0.2) is 0 Å². The van der Waals surface area contributed by atoms with E-state index in [1.165, 1.54) is 17.1 Å². The van der Waals surface area contributed by atoms with Crippen molar-refractivity contribution in [3.8, 4) is 0 Å². The monoisotopic (exact) mass is 407 g/mol. The minimum Gasteiger partial charge on any atom is -0.311 e. The summed E-state index contributed by atoms with van der Waals surface area (Å²) in [4.78, 5) is 2.25. The van der Waals surface area contributed by atoms with Crippen molar-refractivity contribution in [2.75, 3.05) is 4.90 Å². The van der Waals surface area contributed by atoms with E-state index in [4.69, 9.17) is 0 Å². The van der Waals surface area contributed by atoms with Crippen molar-refractivity contribution in [1.82, 2.24) is 0 Å². The zero-order chi connectivity index (χ0) is 20.7. The molecule has 4 aromatic carbocycles. The molecule has 5 rings (SSSR count). The third kappa shape index (κ3) is 7.08. The van der Waals surface area contributed by atoms with Crippen LogP contribution in [-0.4, -0.2) is 0 Å². The van der Waals surface area contributed by atoms with Crippen molar-refractivity contribution in [1.29, 1.82) is 0 Å². The molecule has 1 aromatic heterocycles. The summed E-state index contributed by atoms with van der Waals surface area (Å²) in [6.07, 6.45) is 0. The molecule has 30 heavy (non-hydrogen) atoms. The fourth-order valence-electron chi connectivity index (χ4n) is 2.79. The summed E-state index contributed by atoms with van der Waals surface area (Å²) in [6.45, 7) is 0. The molecule has 0 N–H and O–H groups in total. The second-order valence-corrected chi connectivity index (χ2v) is 7.11. The predicted molar refractivity (Wildman–Crippen MR) is 132 cm³/mol. The number of nitrogens with zero attached hydrogens (tertiary/aromatic N) is 1. The minimum atomic E-state index is 1.17. The van der Waals surface area contributed by atoms with Crippen LogP contribution in [0.15, 0.2) is 150 Å². The number of hydrogen-bond acceptors (Lipinski definition) is 2. The molecule has 0 fully saturated rings. The largest absolute Gasteiger partial charge is 0.311 e. The first kappa shape index (κ1) is 21.1. The Morgan fingerprint density at radius 3 is 0.833 bits per heavy atom. The molecule has 0 atom stereocenters. The Kier molecular flexibility index (Phi) is 8.98. The van der Waals surface area contributed by atoms with Gasteiger partial charge in [-0.05, 0) is 47.2 Å². The van der Waals surface area contributed by atoms with Crippen LogP contribution in [0.4, 0.5) is 17.1 Å². The minimum absolute atomic E-state index is 1.17. The number of benzene rings is 4. The second-order valence-electron chi connectivity index (χ2n) is 6.29. The van der Waals surface area contributed by atoms with Crippen molar-refractivity contribution in [3.63, 3.8) is 0 Å². The van der Waals surface area contributed by atoms with Gasteiger partial charge < -0.3 is 4.90 Å². The van der Waals surface area contributed by atoms with E-state index in [1.54, 1.807) is 11.3 Å². The summed E-state index contributed by atoms with van der Waals surface area (Å²) in [7, 11) is 0. The van der Waals surface area contributed by atoms with Crippen molar-refractivity contribution in [3.05, 3.63) is 150 Å². The molecule has 0 bridgehead atoms. The molecule has 0 aliphatic rings. The highest BCUT2D eigenvalue weighted by Crippen LogP contribution is 2.33. The molecule has 0 saturated carbocycles. The predicted octanol–water partition coefficient (Wildman–Crippen LogP) is 8.59. The van der Waals surface area contributed by atoms with E-state index in [2.05, 4.69) is 77.7 Å². The van der Waals surface area contributed by atoms with Gasteiger partial charge in [-0.15, -0.1) is 0 Å². The number of rotatable bonds is 3. The maximum atomic E-state index is 2.25. The van der Waals surface area contributed by atoms with Gasteiger partial charge in [0, 0.05) is 17.1 Å². The summed E-state index contributed by atoms with van der Waals surface area (Å²) in [5, 5.41) is 4.08. The fourth-order valence-corrected chi connectivity index (χ4v) is 3.24. The third-order valence-electron chi connectivity index (χ3n) is 4.14. The van der Waals surface area contributed by atoms with Gasteiger partial charge in [-0.3, -0.25) is 0 Å². The lowest BCUT2D eigenvalue weighted by Gasteiger charge is -2.25. The molecule has 0 unspecified atom stereocenters. The van der Waals surface area contributed by atoms with E-state index >= 15 is 0 Å². The molecule has 1 heterocycles. The summed E-state index contributed by atoms with van der Waals surface area (Å²) in [5.74, 6) is 0. The molecule has 0 aliphatic heterocycles. The molecule has 0 saturated heterocycles. The summed E-state index contributed by atoms with van der Waals surface area (Å²) in [5.41, 5.74) is 3.50. The van der Waals surface area contributed by atoms with Crippen LogP contribution in [0.25, 0.3) is 0 Å². The van der Waals surface area contributed by atoms with Gasteiger partial charge in [-0.1, -0.05) is 103 Å². The lowest BCUT2D eigenvalue weighted by atomic mass is 10.2. The molecule has 0 radical (unpaired) electrons. The van der Waals surface area contributed by atoms with Gasteiger partial charge in [0.25, 0.3) is 0 Å². The van der Waals surface area contributed by atoms with E-state index in [9.17, 15) is 0 Å². The Morgan fingerprint density at radius 1 is 0.333 bits per heavy atom. The zero-order valence-electron chi connectivity index (χ0n) is 16.8. The van der Waals surface area contributed by atoms with E-state index in [-0.39, 0.29) is 0 Å². The molecular formula is C28H25NS. The van der Waals surface area contributed by atoms with Crippen LogP contribution < -0.4 is 4.90 Å². The average Bonchev–Trinajstić information content (AvgIpc) is 3.44. The standard InChI is InChI=1S/C18H15N.C6H6.C4H4S/c1-4-10-16(11-5-1)19(17-12-6-2-7-13-17)18-14-8-3-9-15-18;1-2-4-6-5-3-1;1-2-4-5-3-1/h1-15H;1-6H;1-4H. The molecule has 148 valence electrons. The lowest BCUT2D eigenvalue weighted by Crippen LogP contribution is -2.09. The first-order valence-corrected chi connectivity index (χ1v) is 10.8. The Bertz CT molecular complexity index is 877. The molecule has 0 amide bonds. The van der Waals surface area contributed by atoms with E-state index in [0.29, 0.717) is 0 Å². The number of thiophene rings is 1. The normalized spacial score (nSPS) is 9.33. The highest BCUT2D eigenvalue weighted by Gasteiger charge is 2.10. The van der Waals surface area contributed by atoms with Crippen LogP contribution in [0, 0.1) is 0 Å². The van der Waals surface area contributed by atoms with Crippen molar-refractivity contribution >= 4 is 28.4 Å². The van der Waals surface area contributed by atoms with Crippen molar-refractivity contribution in [2.24, 2.45) is 0 Å². The summed E-state index contributed by atoms with van der Waals surface area (Å²) < 4.78 is 0. The maximum absolute atomic E-state index is 2.25. The first-order chi connectivity index (χ1) is 14.9. The van der Waals surface area contributed by atoms with Crippen LogP contribution in [0.1, 0.15) is 0 Å². The average molecular weight is 408 g/mol. The first-order valence-electron chi connectivity index (χ1n) is 9.87. The Hall–Kier alpha value is -3.62. The summed E-state index contributed by atoms with van der Waals surface area (Å²) in [6, 6.07) is 47.3. The highest BCUT2D eigenvalue weighted by molar-refractivity contribution is 7.07. The molecular weight excluding hydrogens is 382 g/mol. The summed E-state index contributed by atoms with van der Waals surface area (Å²) >= 11 is 1.71. The number of hydrogen-bond donors (Lipinski definition) is 0. The quantitative estimate of drug-likeness (QED) is 0.289. The molecule has 0 spiro atoms. The SMILES string of the molecule is c1ccc(N(c2ccccc2)c2ccccc2)cc1.c1ccccc1.c1ccsc1. The Balaban J connectivity index is 0.000000189. The molecule has 1 nitrogen and oxygen atoms in total. The van der Waals surface area contributed by atoms with Gasteiger partial charge >= 0.3 is 0 Å². The topological polar surface area (TPSA) is 3.24 Å². The Morgan fingerprint density at radius 2 is 0.600 bits per heavy atom. The number of anilines is 3. The van der Waals surface area contributed by atoms with Gasteiger partial charge in [0.2, 0.25) is 0 Å². The Labute approximate surface area is 183 Å².